The summed E-state index contributed by atoms with van der Waals surface area (Å²) in [4.78, 5) is 23.1. The molecule has 1 aliphatic rings. The first-order chi connectivity index (χ1) is 14.7. The van der Waals surface area contributed by atoms with Gasteiger partial charge in [0.15, 0.2) is 5.82 Å². The molecule has 0 radical (unpaired) electrons. The van der Waals surface area contributed by atoms with E-state index in [0.29, 0.717) is 11.4 Å². The van der Waals surface area contributed by atoms with Crippen LogP contribution < -0.4 is 15.2 Å². The van der Waals surface area contributed by atoms with Crippen LogP contribution in [0.15, 0.2) is 64.8 Å². The van der Waals surface area contributed by atoms with E-state index >= 15 is 0 Å². The van der Waals surface area contributed by atoms with Crippen molar-refractivity contribution in [1.29, 1.82) is 0 Å². The number of aromatic amines is 1. The van der Waals surface area contributed by atoms with Gasteiger partial charge in [-0.25, -0.2) is 4.98 Å². The lowest BCUT2D eigenvalue weighted by Crippen LogP contribution is -3.10. The van der Waals surface area contributed by atoms with E-state index in [9.17, 15) is 4.79 Å². The molecule has 6 heteroatoms. The predicted molar refractivity (Wildman–Crippen MR) is 120 cm³/mol. The first-order valence-electron chi connectivity index (χ1n) is 10.2. The van der Waals surface area contributed by atoms with E-state index in [-0.39, 0.29) is 5.56 Å². The zero-order chi connectivity index (χ0) is 20.5. The summed E-state index contributed by atoms with van der Waals surface area (Å²) in [6, 6.07) is 18.9. The van der Waals surface area contributed by atoms with Crippen molar-refractivity contribution in [2.24, 2.45) is 0 Å². The van der Waals surface area contributed by atoms with Gasteiger partial charge < -0.3 is 14.6 Å². The molecule has 2 aromatic carbocycles. The number of fused-ring (bicyclic) bond motifs is 1. The summed E-state index contributed by atoms with van der Waals surface area (Å²) in [5, 5.41) is 2.73. The number of nitrogens with one attached hydrogen (secondary N) is 2. The van der Waals surface area contributed by atoms with Crippen LogP contribution in [0.3, 0.4) is 0 Å². The maximum Gasteiger partial charge on any atom is 0.260 e. The number of quaternary nitrogens is 1. The Kier molecular flexibility index (Phi) is 5.11. The highest BCUT2D eigenvalue weighted by molar-refractivity contribution is 7.17. The van der Waals surface area contributed by atoms with Gasteiger partial charge in [0.25, 0.3) is 5.56 Å². The van der Waals surface area contributed by atoms with Gasteiger partial charge in [-0.3, -0.25) is 4.79 Å². The first-order valence-corrected chi connectivity index (χ1v) is 11.1. The molecular weight excluding hydrogens is 394 g/mol. The number of thiophene rings is 1. The molecule has 2 aromatic heterocycles. The maximum atomic E-state index is 12.9. The molecule has 4 aromatic rings. The van der Waals surface area contributed by atoms with Gasteiger partial charge >= 0.3 is 0 Å². The Morgan fingerprint density at radius 3 is 2.57 bits per heavy atom. The fourth-order valence-corrected chi connectivity index (χ4v) is 4.94. The van der Waals surface area contributed by atoms with E-state index in [4.69, 9.17) is 9.72 Å². The standard InChI is InChI=1S/C24H23N3O2S/c1-29-19-11-7-16(8-12-19)13-27(18-9-10-18)14-21-25-23(28)22-20(15-30-24(22)26-21)17-5-3-2-4-6-17/h2-8,11-12,15,18H,9-10,13-14H2,1H3,(H,25,26,28)/p+1. The number of methoxy groups -OCH3 is 1. The second-order valence-corrected chi connectivity index (χ2v) is 8.70. The summed E-state index contributed by atoms with van der Waals surface area (Å²) in [7, 11) is 1.68. The van der Waals surface area contributed by atoms with Crippen LogP contribution in [0, 0.1) is 0 Å². The van der Waals surface area contributed by atoms with Crippen molar-refractivity contribution in [1.82, 2.24) is 9.97 Å². The minimum atomic E-state index is -0.0466. The number of ether oxygens (including phenoxy) is 1. The highest BCUT2D eigenvalue weighted by atomic mass is 32.1. The Balaban J connectivity index is 1.41. The van der Waals surface area contributed by atoms with Gasteiger partial charge in [0, 0.05) is 29.3 Å². The van der Waals surface area contributed by atoms with Crippen molar-refractivity contribution in [3.8, 4) is 16.9 Å². The Bertz CT molecular complexity index is 1210. The molecule has 0 saturated heterocycles. The average Bonchev–Trinajstić information content (AvgIpc) is 3.53. The van der Waals surface area contributed by atoms with Gasteiger partial charge in [-0.05, 0) is 29.8 Å². The minimum absolute atomic E-state index is 0.0466. The van der Waals surface area contributed by atoms with Crippen molar-refractivity contribution >= 4 is 21.6 Å². The third kappa shape index (κ3) is 3.88. The quantitative estimate of drug-likeness (QED) is 0.484. The lowest BCUT2D eigenvalue weighted by molar-refractivity contribution is -0.939. The molecule has 30 heavy (non-hydrogen) atoms. The van der Waals surface area contributed by atoms with Crippen LogP contribution in [-0.2, 0) is 13.1 Å². The lowest BCUT2D eigenvalue weighted by atomic mass is 10.1. The zero-order valence-corrected chi connectivity index (χ0v) is 17.7. The molecule has 0 bridgehead atoms. The molecule has 1 atom stereocenters. The molecule has 0 amide bonds. The van der Waals surface area contributed by atoms with E-state index in [1.807, 2.05) is 47.8 Å². The Hall–Kier alpha value is -2.96. The number of nitrogens with zero attached hydrogens (tertiary/aromatic N) is 1. The van der Waals surface area contributed by atoms with Gasteiger partial charge in [0.2, 0.25) is 0 Å². The zero-order valence-electron chi connectivity index (χ0n) is 16.9. The summed E-state index contributed by atoms with van der Waals surface area (Å²) in [6.45, 7) is 1.64. The lowest BCUT2D eigenvalue weighted by Gasteiger charge is -2.19. The normalized spacial score (nSPS) is 14.7. The second kappa shape index (κ2) is 8.05. The first kappa shape index (κ1) is 19.0. The SMILES string of the molecule is COc1ccc(C[NH+](Cc2nc3scc(-c4ccccc4)c3c(=O)[nH]2)C2CC2)cc1. The van der Waals surface area contributed by atoms with Crippen LogP contribution in [-0.4, -0.2) is 23.1 Å². The summed E-state index contributed by atoms with van der Waals surface area (Å²) >= 11 is 1.54. The summed E-state index contributed by atoms with van der Waals surface area (Å²) in [5.74, 6) is 1.64. The predicted octanol–water partition coefficient (Wildman–Crippen LogP) is 3.41. The smallest absolute Gasteiger partial charge is 0.260 e. The highest BCUT2D eigenvalue weighted by Crippen LogP contribution is 2.30. The van der Waals surface area contributed by atoms with E-state index in [1.165, 1.54) is 23.3 Å². The van der Waals surface area contributed by atoms with E-state index in [2.05, 4.69) is 17.1 Å². The molecular formula is C24H24N3O2S+. The van der Waals surface area contributed by atoms with Crippen LogP contribution in [0.25, 0.3) is 21.3 Å². The number of benzene rings is 2. The number of H-pyrrole nitrogens is 1. The van der Waals surface area contributed by atoms with Crippen LogP contribution in [0.4, 0.5) is 0 Å². The monoisotopic (exact) mass is 418 g/mol. The Morgan fingerprint density at radius 2 is 1.87 bits per heavy atom. The molecule has 2 heterocycles. The van der Waals surface area contributed by atoms with Crippen molar-refractivity contribution in [3.63, 3.8) is 0 Å². The van der Waals surface area contributed by atoms with Gasteiger partial charge in [-0.1, -0.05) is 30.3 Å². The number of hydrogen-bond donors (Lipinski definition) is 2. The average molecular weight is 419 g/mol. The third-order valence-corrected chi connectivity index (χ3v) is 6.59. The van der Waals surface area contributed by atoms with E-state index in [0.717, 1.165) is 40.6 Å². The molecule has 1 saturated carbocycles. The molecule has 2 N–H and O–H groups in total. The van der Waals surface area contributed by atoms with Gasteiger partial charge in [0.1, 0.15) is 23.7 Å². The maximum absolute atomic E-state index is 12.9. The van der Waals surface area contributed by atoms with Crippen LogP contribution in [0.2, 0.25) is 0 Å². The van der Waals surface area contributed by atoms with Crippen LogP contribution >= 0.6 is 11.3 Å². The summed E-state index contributed by atoms with van der Waals surface area (Å²) < 4.78 is 5.26. The number of hydrogen-bond acceptors (Lipinski definition) is 4. The molecule has 0 aliphatic heterocycles. The van der Waals surface area contributed by atoms with E-state index < -0.39 is 0 Å². The van der Waals surface area contributed by atoms with Crippen LogP contribution in [0.1, 0.15) is 24.2 Å². The molecule has 1 aliphatic carbocycles. The molecule has 152 valence electrons. The fourth-order valence-electron chi connectivity index (χ4n) is 3.97. The summed E-state index contributed by atoms with van der Waals surface area (Å²) in [6.07, 6.45) is 2.46. The van der Waals surface area contributed by atoms with Crippen LogP contribution in [0.5, 0.6) is 5.75 Å². The van der Waals surface area contributed by atoms with Gasteiger partial charge in [0.05, 0.1) is 18.5 Å². The minimum Gasteiger partial charge on any atom is -0.497 e. The second-order valence-electron chi connectivity index (χ2n) is 7.84. The molecule has 1 fully saturated rings. The summed E-state index contributed by atoms with van der Waals surface area (Å²) in [5.41, 5.74) is 3.23. The molecule has 5 nitrogen and oxygen atoms in total. The molecule has 1 unspecified atom stereocenters. The van der Waals surface area contributed by atoms with Crippen molar-refractivity contribution in [2.45, 2.75) is 32.0 Å². The topological polar surface area (TPSA) is 59.4 Å². The molecule has 5 rings (SSSR count). The Morgan fingerprint density at radius 1 is 1.10 bits per heavy atom. The van der Waals surface area contributed by atoms with Crippen molar-refractivity contribution < 1.29 is 9.64 Å². The largest absolute Gasteiger partial charge is 0.497 e. The number of rotatable bonds is 7. The highest BCUT2D eigenvalue weighted by Gasteiger charge is 2.34. The third-order valence-electron chi connectivity index (χ3n) is 5.72. The Labute approximate surface area is 179 Å². The fraction of sp³-hybridized carbons (Fsp3) is 0.250. The number of aromatic nitrogens is 2. The van der Waals surface area contributed by atoms with Crippen molar-refractivity contribution in [2.75, 3.05) is 7.11 Å². The molecule has 0 spiro atoms. The van der Waals surface area contributed by atoms with Gasteiger partial charge in [-0.15, -0.1) is 11.3 Å². The van der Waals surface area contributed by atoms with E-state index in [1.54, 1.807) is 18.4 Å². The van der Waals surface area contributed by atoms with Crippen molar-refractivity contribution in [3.05, 3.63) is 81.7 Å². The van der Waals surface area contributed by atoms with Gasteiger partial charge in [-0.2, -0.15) is 0 Å².